The van der Waals surface area contributed by atoms with Crippen molar-refractivity contribution in [1.82, 2.24) is 10.0 Å². The highest BCUT2D eigenvalue weighted by Gasteiger charge is 2.20. The maximum atomic E-state index is 11.7. The third kappa shape index (κ3) is 1.75. The summed E-state index contributed by atoms with van der Waals surface area (Å²) in [6, 6.07) is 3.59. The molecule has 0 saturated carbocycles. The van der Waals surface area contributed by atoms with E-state index in [1.165, 1.54) is 5.06 Å². The second kappa shape index (κ2) is 3.75. The molecule has 0 radical (unpaired) electrons. The lowest BCUT2D eigenvalue weighted by Gasteiger charge is -2.13. The number of hydrogen-bond acceptors (Lipinski definition) is 3. The Morgan fingerprint density at radius 2 is 2.43 bits per heavy atom. The number of carbonyl (C=O) groups excluding carboxylic acids is 1. The number of aromatic nitrogens is 1. The molecule has 74 valence electrons. The van der Waals surface area contributed by atoms with E-state index in [-0.39, 0.29) is 5.91 Å². The Morgan fingerprint density at radius 3 is 3.00 bits per heavy atom. The molecule has 0 aromatic carbocycles. The first-order chi connectivity index (χ1) is 6.77. The Bertz CT molecular complexity index is 328. The van der Waals surface area contributed by atoms with Crippen LogP contribution in [0.25, 0.3) is 0 Å². The smallest absolute Gasteiger partial charge is 0.271 e. The zero-order chi connectivity index (χ0) is 9.97. The lowest BCUT2D eigenvalue weighted by Crippen LogP contribution is -2.26. The van der Waals surface area contributed by atoms with Crippen molar-refractivity contribution in [1.29, 1.82) is 0 Å². The molecule has 14 heavy (non-hydrogen) atoms. The molecule has 1 aromatic rings. The van der Waals surface area contributed by atoms with Crippen LogP contribution in [-0.2, 0) is 4.84 Å². The van der Waals surface area contributed by atoms with Gasteiger partial charge in [0, 0.05) is 11.9 Å². The SMILES string of the molecule is Cc1ccc(C(=O)N2CCCO2)cn1. The summed E-state index contributed by atoms with van der Waals surface area (Å²) in [7, 11) is 0. The van der Waals surface area contributed by atoms with Crippen LogP contribution in [0.3, 0.4) is 0 Å². The molecule has 1 amide bonds. The molecule has 0 spiro atoms. The van der Waals surface area contributed by atoms with Crippen molar-refractivity contribution in [2.75, 3.05) is 13.2 Å². The van der Waals surface area contributed by atoms with E-state index in [1.54, 1.807) is 12.3 Å². The van der Waals surface area contributed by atoms with E-state index in [4.69, 9.17) is 4.84 Å². The van der Waals surface area contributed by atoms with E-state index < -0.39 is 0 Å². The molecule has 0 unspecified atom stereocenters. The maximum Gasteiger partial charge on any atom is 0.278 e. The topological polar surface area (TPSA) is 42.4 Å². The predicted octanol–water partition coefficient (Wildman–Crippen LogP) is 1.17. The molecule has 1 aliphatic rings. The number of pyridine rings is 1. The Balaban J connectivity index is 2.14. The van der Waals surface area contributed by atoms with Gasteiger partial charge >= 0.3 is 0 Å². The third-order valence-electron chi connectivity index (χ3n) is 2.14. The van der Waals surface area contributed by atoms with Crippen molar-refractivity contribution in [3.8, 4) is 0 Å². The number of nitrogens with zero attached hydrogens (tertiary/aromatic N) is 2. The van der Waals surface area contributed by atoms with Gasteiger partial charge in [0.25, 0.3) is 5.91 Å². The monoisotopic (exact) mass is 192 g/mol. The highest BCUT2D eigenvalue weighted by atomic mass is 16.7. The first-order valence-electron chi connectivity index (χ1n) is 4.65. The zero-order valence-electron chi connectivity index (χ0n) is 8.06. The average Bonchev–Trinajstić information content (AvgIpc) is 2.71. The quantitative estimate of drug-likeness (QED) is 0.670. The molecule has 0 bridgehead atoms. The van der Waals surface area contributed by atoms with E-state index in [9.17, 15) is 4.79 Å². The van der Waals surface area contributed by atoms with Gasteiger partial charge in [-0.25, -0.2) is 5.06 Å². The molecule has 2 heterocycles. The molecule has 0 N–H and O–H groups in total. The molecule has 4 heteroatoms. The molecule has 1 fully saturated rings. The van der Waals surface area contributed by atoms with Crippen LogP contribution in [-0.4, -0.2) is 29.1 Å². The van der Waals surface area contributed by atoms with E-state index in [0.29, 0.717) is 18.7 Å². The highest BCUT2D eigenvalue weighted by molar-refractivity contribution is 5.93. The molecule has 1 saturated heterocycles. The van der Waals surface area contributed by atoms with Crippen molar-refractivity contribution in [3.05, 3.63) is 29.6 Å². The minimum absolute atomic E-state index is 0.102. The van der Waals surface area contributed by atoms with Gasteiger partial charge in [0.1, 0.15) is 0 Å². The average molecular weight is 192 g/mol. The highest BCUT2D eigenvalue weighted by Crippen LogP contribution is 2.10. The van der Waals surface area contributed by atoms with Crippen LogP contribution < -0.4 is 0 Å². The minimum atomic E-state index is -0.102. The van der Waals surface area contributed by atoms with Crippen LogP contribution in [0, 0.1) is 6.92 Å². The molecular weight excluding hydrogens is 180 g/mol. The first kappa shape index (κ1) is 9.15. The summed E-state index contributed by atoms with van der Waals surface area (Å²) >= 11 is 0. The van der Waals surface area contributed by atoms with Gasteiger partial charge in [0.05, 0.1) is 18.7 Å². The van der Waals surface area contributed by atoms with Gasteiger partial charge < -0.3 is 0 Å². The Labute approximate surface area is 82.5 Å². The van der Waals surface area contributed by atoms with E-state index in [0.717, 1.165) is 12.1 Å². The fourth-order valence-corrected chi connectivity index (χ4v) is 1.35. The number of rotatable bonds is 1. The molecule has 0 atom stereocenters. The van der Waals surface area contributed by atoms with Crippen LogP contribution in [0.2, 0.25) is 0 Å². The number of amides is 1. The predicted molar refractivity (Wildman–Crippen MR) is 50.6 cm³/mol. The van der Waals surface area contributed by atoms with Gasteiger partial charge in [-0.2, -0.15) is 0 Å². The van der Waals surface area contributed by atoms with Crippen molar-refractivity contribution < 1.29 is 9.63 Å². The van der Waals surface area contributed by atoms with Crippen LogP contribution in [0.5, 0.6) is 0 Å². The van der Waals surface area contributed by atoms with Gasteiger partial charge in [-0.3, -0.25) is 14.6 Å². The van der Waals surface area contributed by atoms with Gasteiger partial charge in [0.15, 0.2) is 0 Å². The van der Waals surface area contributed by atoms with Crippen molar-refractivity contribution in [2.45, 2.75) is 13.3 Å². The van der Waals surface area contributed by atoms with Crippen LogP contribution in [0.15, 0.2) is 18.3 Å². The van der Waals surface area contributed by atoms with Gasteiger partial charge in [-0.05, 0) is 25.5 Å². The molecule has 4 nitrogen and oxygen atoms in total. The number of carbonyl (C=O) groups is 1. The van der Waals surface area contributed by atoms with Crippen molar-refractivity contribution in [3.63, 3.8) is 0 Å². The van der Waals surface area contributed by atoms with E-state index >= 15 is 0 Å². The van der Waals surface area contributed by atoms with E-state index in [2.05, 4.69) is 4.98 Å². The second-order valence-corrected chi connectivity index (χ2v) is 3.28. The van der Waals surface area contributed by atoms with Crippen LogP contribution in [0.1, 0.15) is 22.5 Å². The summed E-state index contributed by atoms with van der Waals surface area (Å²) in [4.78, 5) is 20.9. The number of hydroxylamine groups is 2. The zero-order valence-corrected chi connectivity index (χ0v) is 8.06. The van der Waals surface area contributed by atoms with Crippen LogP contribution >= 0.6 is 0 Å². The second-order valence-electron chi connectivity index (χ2n) is 3.28. The number of aryl methyl sites for hydroxylation is 1. The van der Waals surface area contributed by atoms with E-state index in [1.807, 2.05) is 13.0 Å². The summed E-state index contributed by atoms with van der Waals surface area (Å²) in [5.41, 5.74) is 1.49. The van der Waals surface area contributed by atoms with Crippen LogP contribution in [0.4, 0.5) is 0 Å². The largest absolute Gasteiger partial charge is 0.278 e. The molecule has 1 aliphatic heterocycles. The summed E-state index contributed by atoms with van der Waals surface area (Å²) in [5, 5.41) is 1.40. The maximum absolute atomic E-state index is 11.7. The first-order valence-corrected chi connectivity index (χ1v) is 4.65. The Kier molecular flexibility index (Phi) is 2.45. The Hall–Kier alpha value is -1.42. The third-order valence-corrected chi connectivity index (χ3v) is 2.14. The van der Waals surface area contributed by atoms with Gasteiger partial charge in [-0.15, -0.1) is 0 Å². The van der Waals surface area contributed by atoms with Crippen molar-refractivity contribution in [2.24, 2.45) is 0 Å². The minimum Gasteiger partial charge on any atom is -0.271 e. The fraction of sp³-hybridized carbons (Fsp3) is 0.400. The molecule has 2 rings (SSSR count). The molecule has 0 aliphatic carbocycles. The van der Waals surface area contributed by atoms with Crippen molar-refractivity contribution >= 4 is 5.91 Å². The van der Waals surface area contributed by atoms with Gasteiger partial charge in [-0.1, -0.05) is 0 Å². The summed E-state index contributed by atoms with van der Waals surface area (Å²) < 4.78 is 0. The Morgan fingerprint density at radius 1 is 1.57 bits per heavy atom. The standard InChI is InChI=1S/C10H12N2O2/c1-8-3-4-9(7-11-8)10(13)12-5-2-6-14-12/h3-4,7H,2,5-6H2,1H3. The summed E-state index contributed by atoms with van der Waals surface area (Å²) in [6.45, 7) is 3.19. The lowest BCUT2D eigenvalue weighted by atomic mass is 10.2. The fourth-order valence-electron chi connectivity index (χ4n) is 1.35. The molecular formula is C10H12N2O2. The lowest BCUT2D eigenvalue weighted by molar-refractivity contribution is -0.0768. The van der Waals surface area contributed by atoms with Gasteiger partial charge in [0.2, 0.25) is 0 Å². The summed E-state index contributed by atoms with van der Waals surface area (Å²) in [5.74, 6) is -0.102. The number of hydrogen-bond donors (Lipinski definition) is 0. The molecule has 1 aromatic heterocycles. The summed E-state index contributed by atoms with van der Waals surface area (Å²) in [6.07, 6.45) is 2.49. The normalized spacial score (nSPS) is 15.9.